The van der Waals surface area contributed by atoms with Crippen LogP contribution in [0.25, 0.3) is 0 Å². The number of esters is 1. The summed E-state index contributed by atoms with van der Waals surface area (Å²) in [5.74, 6) is 0.720. The molecule has 70 valence electrons. The average molecular weight is 192 g/mol. The fourth-order valence-electron chi connectivity index (χ4n) is 2.28. The number of hydrogen-bond acceptors (Lipinski definition) is 3. The number of halogens is 1. The minimum Gasteiger partial charge on any atom is -0.469 e. The van der Waals surface area contributed by atoms with Gasteiger partial charge in [-0.05, 0) is 25.3 Å². The molecule has 0 aromatic heterocycles. The maximum atomic E-state index is 11.2. The van der Waals surface area contributed by atoms with E-state index in [1.165, 1.54) is 13.5 Å². The number of carbonyl (C=O) groups excluding carboxylic acids is 1. The Morgan fingerprint density at radius 2 is 2.25 bits per heavy atom. The topological polar surface area (TPSA) is 38.3 Å². The second-order valence-electron chi connectivity index (χ2n) is 3.47. The molecule has 3 nitrogen and oxygen atoms in total. The Labute approximate surface area is 78.3 Å². The lowest BCUT2D eigenvalue weighted by Crippen LogP contribution is -2.33. The molecule has 2 aliphatic rings. The lowest BCUT2D eigenvalue weighted by atomic mass is 9.96. The van der Waals surface area contributed by atoms with Gasteiger partial charge in [-0.2, -0.15) is 0 Å². The van der Waals surface area contributed by atoms with Gasteiger partial charge < -0.3 is 10.1 Å². The number of rotatable bonds is 1. The fourth-order valence-corrected chi connectivity index (χ4v) is 2.28. The van der Waals surface area contributed by atoms with E-state index in [-0.39, 0.29) is 24.3 Å². The van der Waals surface area contributed by atoms with E-state index in [4.69, 9.17) is 4.74 Å². The van der Waals surface area contributed by atoms with Crippen molar-refractivity contribution in [3.8, 4) is 0 Å². The molecule has 0 unspecified atom stereocenters. The summed E-state index contributed by atoms with van der Waals surface area (Å²) in [6.07, 6.45) is 2.15. The number of carbonyl (C=O) groups is 1. The number of hydrogen-bond donors (Lipinski definition) is 1. The molecule has 1 saturated carbocycles. The highest BCUT2D eigenvalue weighted by Crippen LogP contribution is 2.36. The third-order valence-corrected chi connectivity index (χ3v) is 2.87. The molecule has 0 amide bonds. The minimum absolute atomic E-state index is 0. The van der Waals surface area contributed by atoms with Crippen LogP contribution < -0.4 is 5.32 Å². The highest BCUT2D eigenvalue weighted by atomic mass is 35.5. The molecular formula is C8H14ClNO2. The van der Waals surface area contributed by atoms with E-state index in [9.17, 15) is 4.79 Å². The first kappa shape index (κ1) is 9.81. The SMILES string of the molecule is COC(=O)[C@H]1C[C@H]2C[C@@H]1CN2.Cl. The van der Waals surface area contributed by atoms with Crippen molar-refractivity contribution in [2.24, 2.45) is 11.8 Å². The van der Waals surface area contributed by atoms with Crippen molar-refractivity contribution >= 4 is 18.4 Å². The Morgan fingerprint density at radius 3 is 2.67 bits per heavy atom. The quantitative estimate of drug-likeness (QED) is 0.617. The van der Waals surface area contributed by atoms with E-state index in [0.717, 1.165) is 13.0 Å². The van der Waals surface area contributed by atoms with E-state index >= 15 is 0 Å². The molecule has 12 heavy (non-hydrogen) atoms. The van der Waals surface area contributed by atoms with Crippen LogP contribution in [0, 0.1) is 11.8 Å². The Bertz CT molecular complexity index is 186. The van der Waals surface area contributed by atoms with Crippen molar-refractivity contribution in [3.05, 3.63) is 0 Å². The van der Waals surface area contributed by atoms with Crippen molar-refractivity contribution in [1.82, 2.24) is 5.32 Å². The largest absolute Gasteiger partial charge is 0.469 e. The molecule has 2 rings (SSSR count). The van der Waals surface area contributed by atoms with Gasteiger partial charge in [0.1, 0.15) is 0 Å². The highest BCUT2D eigenvalue weighted by molar-refractivity contribution is 5.85. The first-order valence-electron chi connectivity index (χ1n) is 4.12. The zero-order valence-electron chi connectivity index (χ0n) is 7.08. The Balaban J connectivity index is 0.000000720. The van der Waals surface area contributed by atoms with Crippen molar-refractivity contribution < 1.29 is 9.53 Å². The van der Waals surface area contributed by atoms with Crippen LogP contribution in [0.5, 0.6) is 0 Å². The molecule has 0 aromatic rings. The molecular weight excluding hydrogens is 178 g/mol. The average Bonchev–Trinajstić information content (AvgIpc) is 2.62. The van der Waals surface area contributed by atoms with Gasteiger partial charge in [-0.15, -0.1) is 12.4 Å². The van der Waals surface area contributed by atoms with E-state index in [1.807, 2.05) is 0 Å². The molecule has 4 heteroatoms. The Hall–Kier alpha value is -0.280. The molecule has 0 aromatic carbocycles. The first-order valence-corrected chi connectivity index (χ1v) is 4.12. The zero-order valence-corrected chi connectivity index (χ0v) is 7.89. The van der Waals surface area contributed by atoms with Crippen LogP contribution in [0.3, 0.4) is 0 Å². The number of ether oxygens (including phenoxy) is 1. The summed E-state index contributed by atoms with van der Waals surface area (Å²) in [6, 6.07) is 0.587. The van der Waals surface area contributed by atoms with Gasteiger partial charge in [0.05, 0.1) is 13.0 Å². The normalized spacial score (nSPS) is 37.6. The summed E-state index contributed by atoms with van der Waals surface area (Å²) >= 11 is 0. The summed E-state index contributed by atoms with van der Waals surface area (Å²) in [4.78, 5) is 11.2. The van der Waals surface area contributed by atoms with Crippen molar-refractivity contribution in [1.29, 1.82) is 0 Å². The lowest BCUT2D eigenvalue weighted by Gasteiger charge is -2.19. The third kappa shape index (κ3) is 1.43. The van der Waals surface area contributed by atoms with Gasteiger partial charge in [-0.3, -0.25) is 4.79 Å². The molecule has 1 N–H and O–H groups in total. The van der Waals surface area contributed by atoms with Crippen LogP contribution >= 0.6 is 12.4 Å². The maximum Gasteiger partial charge on any atom is 0.309 e. The van der Waals surface area contributed by atoms with E-state index in [0.29, 0.717) is 12.0 Å². The summed E-state index contributed by atoms with van der Waals surface area (Å²) in [5.41, 5.74) is 0. The smallest absolute Gasteiger partial charge is 0.309 e. The van der Waals surface area contributed by atoms with E-state index in [2.05, 4.69) is 5.32 Å². The molecule has 1 heterocycles. The fraction of sp³-hybridized carbons (Fsp3) is 0.875. The van der Waals surface area contributed by atoms with Gasteiger partial charge in [0.25, 0.3) is 0 Å². The summed E-state index contributed by atoms with van der Waals surface area (Å²) in [6.45, 7) is 1.00. The molecule has 2 fully saturated rings. The van der Waals surface area contributed by atoms with Gasteiger partial charge in [-0.25, -0.2) is 0 Å². The van der Waals surface area contributed by atoms with Crippen molar-refractivity contribution in [2.45, 2.75) is 18.9 Å². The number of fused-ring (bicyclic) bond motifs is 2. The van der Waals surface area contributed by atoms with Crippen LogP contribution in [0.2, 0.25) is 0 Å². The van der Waals surface area contributed by atoms with Crippen molar-refractivity contribution in [2.75, 3.05) is 13.7 Å². The van der Waals surface area contributed by atoms with E-state index in [1.54, 1.807) is 0 Å². The zero-order chi connectivity index (χ0) is 7.84. The van der Waals surface area contributed by atoms with Crippen LogP contribution in [0.4, 0.5) is 0 Å². The standard InChI is InChI=1S/C8H13NO2.ClH/c1-11-8(10)7-3-6-2-5(7)4-9-6;/h5-7,9H,2-4H2,1H3;1H/t5-,6-,7+;/m1./s1. The van der Waals surface area contributed by atoms with Gasteiger partial charge in [0.2, 0.25) is 0 Å². The summed E-state index contributed by atoms with van der Waals surface area (Å²) < 4.78 is 4.72. The first-order chi connectivity index (χ1) is 5.31. The van der Waals surface area contributed by atoms with Crippen LogP contribution in [-0.2, 0) is 9.53 Å². The van der Waals surface area contributed by atoms with Gasteiger partial charge >= 0.3 is 5.97 Å². The molecule has 2 bridgehead atoms. The van der Waals surface area contributed by atoms with Gasteiger partial charge in [0, 0.05) is 6.04 Å². The minimum atomic E-state index is -0.0148. The molecule has 1 aliphatic heterocycles. The number of nitrogens with one attached hydrogen (secondary N) is 1. The summed E-state index contributed by atoms with van der Waals surface area (Å²) in [7, 11) is 1.47. The predicted octanol–water partition coefficient (Wildman–Crippen LogP) is 0.579. The second kappa shape index (κ2) is 3.62. The Morgan fingerprint density at radius 1 is 1.50 bits per heavy atom. The predicted molar refractivity (Wildman–Crippen MR) is 47.3 cm³/mol. The van der Waals surface area contributed by atoms with Crippen molar-refractivity contribution in [3.63, 3.8) is 0 Å². The third-order valence-electron chi connectivity index (χ3n) is 2.87. The van der Waals surface area contributed by atoms with Crippen LogP contribution in [-0.4, -0.2) is 25.7 Å². The Kier molecular flexibility index (Phi) is 2.96. The molecule has 1 saturated heterocycles. The maximum absolute atomic E-state index is 11.2. The van der Waals surface area contributed by atoms with Crippen LogP contribution in [0.1, 0.15) is 12.8 Å². The molecule has 0 spiro atoms. The molecule has 1 aliphatic carbocycles. The summed E-state index contributed by atoms with van der Waals surface area (Å²) in [5, 5.41) is 3.36. The number of piperidine rings is 1. The van der Waals surface area contributed by atoms with Gasteiger partial charge in [-0.1, -0.05) is 0 Å². The van der Waals surface area contributed by atoms with Gasteiger partial charge in [0.15, 0.2) is 0 Å². The number of methoxy groups -OCH3 is 1. The molecule has 3 atom stereocenters. The monoisotopic (exact) mass is 191 g/mol. The highest BCUT2D eigenvalue weighted by Gasteiger charge is 2.43. The van der Waals surface area contributed by atoms with Crippen LogP contribution in [0.15, 0.2) is 0 Å². The molecule has 0 radical (unpaired) electrons. The second-order valence-corrected chi connectivity index (χ2v) is 3.47. The van der Waals surface area contributed by atoms with E-state index < -0.39 is 0 Å². The lowest BCUT2D eigenvalue weighted by molar-refractivity contribution is -0.146.